The Balaban J connectivity index is 2.05. The van der Waals surface area contributed by atoms with Crippen molar-refractivity contribution < 1.29 is 19.4 Å². The van der Waals surface area contributed by atoms with E-state index in [0.29, 0.717) is 6.54 Å². The number of hydrogen-bond acceptors (Lipinski definition) is 3. The predicted octanol–water partition coefficient (Wildman–Crippen LogP) is 1.13. The lowest BCUT2D eigenvalue weighted by atomic mass is 10.1. The van der Waals surface area contributed by atoms with Crippen LogP contribution < -0.4 is 4.74 Å². The van der Waals surface area contributed by atoms with E-state index in [4.69, 9.17) is 9.84 Å². The Morgan fingerprint density at radius 3 is 2.94 bits per heavy atom. The number of likely N-dealkylation sites (tertiary alicyclic amines) is 1. The van der Waals surface area contributed by atoms with Gasteiger partial charge >= 0.3 is 5.97 Å². The molecule has 2 rings (SSSR count). The average Bonchev–Trinajstić information content (AvgIpc) is 2.71. The monoisotopic (exact) mass is 249 g/mol. The molecule has 0 bridgehead atoms. The molecule has 1 aromatic carbocycles. The Kier molecular flexibility index (Phi) is 3.50. The van der Waals surface area contributed by atoms with Gasteiger partial charge in [0.15, 0.2) is 0 Å². The maximum absolute atomic E-state index is 11.7. The van der Waals surface area contributed by atoms with Gasteiger partial charge in [-0.2, -0.15) is 0 Å². The first-order chi connectivity index (χ1) is 8.60. The number of methoxy groups -OCH3 is 1. The molecule has 1 aliphatic heterocycles. The zero-order valence-electron chi connectivity index (χ0n) is 10.1. The summed E-state index contributed by atoms with van der Waals surface area (Å²) in [4.78, 5) is 24.1. The summed E-state index contributed by atoms with van der Waals surface area (Å²) >= 11 is 0. The highest BCUT2D eigenvalue weighted by atomic mass is 16.5. The van der Waals surface area contributed by atoms with Gasteiger partial charge in [-0.15, -0.1) is 0 Å². The fraction of sp³-hybridized carbons (Fsp3) is 0.385. The number of benzene rings is 1. The quantitative estimate of drug-likeness (QED) is 0.868. The van der Waals surface area contributed by atoms with Gasteiger partial charge in [0.25, 0.3) is 0 Å². The van der Waals surface area contributed by atoms with Crippen LogP contribution in [0.1, 0.15) is 12.0 Å². The van der Waals surface area contributed by atoms with Gasteiger partial charge in [-0.05, 0) is 17.7 Å². The van der Waals surface area contributed by atoms with Gasteiger partial charge < -0.3 is 14.7 Å². The van der Waals surface area contributed by atoms with E-state index in [1.807, 2.05) is 24.3 Å². The fourth-order valence-electron chi connectivity index (χ4n) is 2.08. The Labute approximate surface area is 105 Å². The van der Waals surface area contributed by atoms with Crippen molar-refractivity contribution in [3.63, 3.8) is 0 Å². The molecule has 0 spiro atoms. The Morgan fingerprint density at radius 1 is 1.56 bits per heavy atom. The second kappa shape index (κ2) is 5.08. The molecule has 5 nitrogen and oxygen atoms in total. The van der Waals surface area contributed by atoms with Crippen LogP contribution in [-0.2, 0) is 16.1 Å². The van der Waals surface area contributed by atoms with E-state index in [9.17, 15) is 9.59 Å². The summed E-state index contributed by atoms with van der Waals surface area (Å²) in [5.74, 6) is -0.862. The summed E-state index contributed by atoms with van der Waals surface area (Å²) in [6, 6.07) is 7.42. The molecule has 1 heterocycles. The third-order valence-electron chi connectivity index (χ3n) is 3.07. The highest BCUT2D eigenvalue weighted by Crippen LogP contribution is 2.21. The number of carbonyl (C=O) groups excluding carboxylic acids is 1. The first-order valence-corrected chi connectivity index (χ1v) is 5.73. The highest BCUT2D eigenvalue weighted by molar-refractivity contribution is 5.86. The van der Waals surface area contributed by atoms with Crippen LogP contribution in [0.5, 0.6) is 5.75 Å². The van der Waals surface area contributed by atoms with Crippen molar-refractivity contribution in [3.8, 4) is 5.75 Å². The SMILES string of the molecule is COc1cccc(CN2C[C@@H](C(=O)O)CC2=O)c1. The van der Waals surface area contributed by atoms with Gasteiger partial charge in [-0.3, -0.25) is 9.59 Å². The number of carboxylic acids is 1. The summed E-state index contributed by atoms with van der Waals surface area (Å²) in [5, 5.41) is 8.90. The number of ether oxygens (including phenoxy) is 1. The maximum Gasteiger partial charge on any atom is 0.308 e. The van der Waals surface area contributed by atoms with Crippen LogP contribution >= 0.6 is 0 Å². The molecule has 0 unspecified atom stereocenters. The van der Waals surface area contributed by atoms with Crippen LogP contribution in [0.3, 0.4) is 0 Å². The van der Waals surface area contributed by atoms with Crippen molar-refractivity contribution in [1.82, 2.24) is 4.90 Å². The van der Waals surface area contributed by atoms with Crippen LogP contribution in [0.4, 0.5) is 0 Å². The molecule has 0 radical (unpaired) electrons. The van der Waals surface area contributed by atoms with E-state index in [-0.39, 0.29) is 18.9 Å². The topological polar surface area (TPSA) is 66.8 Å². The summed E-state index contributed by atoms with van der Waals surface area (Å²) in [6.45, 7) is 0.713. The van der Waals surface area contributed by atoms with Crippen LogP contribution in [0, 0.1) is 5.92 Å². The second-order valence-corrected chi connectivity index (χ2v) is 4.37. The van der Waals surface area contributed by atoms with E-state index in [0.717, 1.165) is 11.3 Å². The minimum absolute atomic E-state index is 0.0965. The lowest BCUT2D eigenvalue weighted by molar-refractivity contribution is -0.141. The lowest BCUT2D eigenvalue weighted by Crippen LogP contribution is -2.25. The van der Waals surface area contributed by atoms with E-state index in [1.54, 1.807) is 12.0 Å². The normalized spacial score (nSPS) is 19.1. The minimum Gasteiger partial charge on any atom is -0.497 e. The molecule has 96 valence electrons. The van der Waals surface area contributed by atoms with Crippen LogP contribution in [0.2, 0.25) is 0 Å². The third-order valence-corrected chi connectivity index (χ3v) is 3.07. The van der Waals surface area contributed by atoms with Gasteiger partial charge in [0.05, 0.1) is 13.0 Å². The van der Waals surface area contributed by atoms with Crippen molar-refractivity contribution in [3.05, 3.63) is 29.8 Å². The van der Waals surface area contributed by atoms with Crippen molar-refractivity contribution in [2.45, 2.75) is 13.0 Å². The fourth-order valence-corrected chi connectivity index (χ4v) is 2.08. The molecule has 1 aliphatic rings. The van der Waals surface area contributed by atoms with Crippen molar-refractivity contribution in [1.29, 1.82) is 0 Å². The number of hydrogen-bond donors (Lipinski definition) is 1. The van der Waals surface area contributed by atoms with Crippen LogP contribution in [-0.4, -0.2) is 35.5 Å². The van der Waals surface area contributed by atoms with Gasteiger partial charge in [0.2, 0.25) is 5.91 Å². The summed E-state index contributed by atoms with van der Waals surface area (Å²) in [6.07, 6.45) is 0.0965. The Hall–Kier alpha value is -2.04. The number of rotatable bonds is 4. The largest absolute Gasteiger partial charge is 0.497 e. The first-order valence-electron chi connectivity index (χ1n) is 5.73. The molecule has 1 saturated heterocycles. The molecule has 0 saturated carbocycles. The molecule has 1 N–H and O–H groups in total. The van der Waals surface area contributed by atoms with Crippen molar-refractivity contribution in [2.75, 3.05) is 13.7 Å². The molecule has 0 aromatic heterocycles. The molecular weight excluding hydrogens is 234 g/mol. The Bertz CT molecular complexity index is 472. The molecule has 1 aromatic rings. The van der Waals surface area contributed by atoms with Crippen LogP contribution in [0.15, 0.2) is 24.3 Å². The van der Waals surface area contributed by atoms with Crippen molar-refractivity contribution in [2.24, 2.45) is 5.92 Å². The van der Waals surface area contributed by atoms with E-state index in [1.165, 1.54) is 0 Å². The van der Waals surface area contributed by atoms with E-state index in [2.05, 4.69) is 0 Å². The second-order valence-electron chi connectivity index (χ2n) is 4.37. The molecule has 1 atom stereocenters. The van der Waals surface area contributed by atoms with Gasteiger partial charge in [0.1, 0.15) is 5.75 Å². The highest BCUT2D eigenvalue weighted by Gasteiger charge is 2.33. The zero-order chi connectivity index (χ0) is 13.1. The summed E-state index contributed by atoms with van der Waals surface area (Å²) in [7, 11) is 1.58. The summed E-state index contributed by atoms with van der Waals surface area (Å²) < 4.78 is 5.11. The van der Waals surface area contributed by atoms with E-state index < -0.39 is 11.9 Å². The molecule has 5 heteroatoms. The number of carboxylic acid groups (broad SMARTS) is 1. The maximum atomic E-state index is 11.7. The first kappa shape index (κ1) is 12.4. The van der Waals surface area contributed by atoms with Gasteiger partial charge in [-0.25, -0.2) is 0 Å². The Morgan fingerprint density at radius 2 is 2.33 bits per heavy atom. The molecule has 0 aliphatic carbocycles. The number of aliphatic carboxylic acids is 1. The molecule has 18 heavy (non-hydrogen) atoms. The van der Waals surface area contributed by atoms with Gasteiger partial charge in [-0.1, -0.05) is 12.1 Å². The van der Waals surface area contributed by atoms with Crippen LogP contribution in [0.25, 0.3) is 0 Å². The standard InChI is InChI=1S/C13H15NO4/c1-18-11-4-2-3-9(5-11)7-14-8-10(13(16)17)6-12(14)15/h2-5,10H,6-8H2,1H3,(H,16,17)/t10-/m0/s1. The smallest absolute Gasteiger partial charge is 0.308 e. The zero-order valence-corrected chi connectivity index (χ0v) is 10.1. The van der Waals surface area contributed by atoms with Crippen molar-refractivity contribution >= 4 is 11.9 Å². The lowest BCUT2D eigenvalue weighted by Gasteiger charge is -2.16. The number of nitrogens with zero attached hydrogens (tertiary/aromatic N) is 1. The number of carbonyl (C=O) groups is 2. The van der Waals surface area contributed by atoms with Gasteiger partial charge in [0, 0.05) is 19.5 Å². The number of amides is 1. The molecular formula is C13H15NO4. The van der Waals surface area contributed by atoms with E-state index >= 15 is 0 Å². The summed E-state index contributed by atoms with van der Waals surface area (Å²) in [5.41, 5.74) is 0.939. The molecule has 1 amide bonds. The third kappa shape index (κ3) is 2.61. The predicted molar refractivity (Wildman–Crippen MR) is 64.2 cm³/mol. The minimum atomic E-state index is -0.906. The molecule has 1 fully saturated rings. The average molecular weight is 249 g/mol.